The Hall–Kier alpha value is -1.40. The van der Waals surface area contributed by atoms with Gasteiger partial charge in [-0.2, -0.15) is 0 Å². The van der Waals surface area contributed by atoms with Crippen molar-refractivity contribution in [2.24, 2.45) is 23.7 Å². The monoisotopic (exact) mass is 424 g/mol. The number of rotatable bonds is 4. The number of likely N-dealkylation sites (tertiary alicyclic amines) is 1. The van der Waals surface area contributed by atoms with Gasteiger partial charge in [0.1, 0.15) is 0 Å². The molecule has 2 bridgehead atoms. The fourth-order valence-corrected chi connectivity index (χ4v) is 5.13. The number of nitrogens with one attached hydrogen (secondary N) is 1. The van der Waals surface area contributed by atoms with Crippen molar-refractivity contribution in [1.29, 1.82) is 0 Å². The van der Waals surface area contributed by atoms with Crippen molar-refractivity contribution in [2.75, 3.05) is 11.9 Å². The van der Waals surface area contributed by atoms with Crippen molar-refractivity contribution < 1.29 is 14.4 Å². The van der Waals surface area contributed by atoms with Crippen molar-refractivity contribution in [3.05, 3.63) is 27.7 Å². The summed E-state index contributed by atoms with van der Waals surface area (Å²) in [5, 5.41) is 3.26. The smallest absolute Gasteiger partial charge is 0.233 e. The molecule has 3 amide bonds. The van der Waals surface area contributed by atoms with Gasteiger partial charge in [-0.15, -0.1) is 0 Å². The van der Waals surface area contributed by atoms with Crippen molar-refractivity contribution in [3.63, 3.8) is 0 Å². The van der Waals surface area contributed by atoms with E-state index in [0.29, 0.717) is 22.5 Å². The number of anilines is 1. The van der Waals surface area contributed by atoms with Crippen molar-refractivity contribution in [1.82, 2.24) is 4.90 Å². The van der Waals surface area contributed by atoms with Crippen LogP contribution in [0, 0.1) is 23.7 Å². The van der Waals surface area contributed by atoms with Gasteiger partial charge in [0.2, 0.25) is 17.7 Å². The summed E-state index contributed by atoms with van der Waals surface area (Å²) in [6.07, 6.45) is 3.23. The Morgan fingerprint density at radius 3 is 2.44 bits per heavy atom. The van der Waals surface area contributed by atoms with Gasteiger partial charge < -0.3 is 5.32 Å². The minimum absolute atomic E-state index is 0.0679. The molecular formula is C18H18BrClN2O3. The molecule has 7 heteroatoms. The number of hydrogen-bond acceptors (Lipinski definition) is 3. The third kappa shape index (κ3) is 2.89. The zero-order chi connectivity index (χ0) is 17.7. The molecule has 1 heterocycles. The Bertz CT molecular complexity index is 741. The summed E-state index contributed by atoms with van der Waals surface area (Å²) < 4.78 is 0.751. The molecule has 1 saturated heterocycles. The minimum Gasteiger partial charge on any atom is -0.326 e. The summed E-state index contributed by atoms with van der Waals surface area (Å²) in [6, 6.07) is 5.14. The van der Waals surface area contributed by atoms with Crippen LogP contribution in [0.3, 0.4) is 0 Å². The molecule has 4 atom stereocenters. The van der Waals surface area contributed by atoms with Crippen molar-refractivity contribution in [2.45, 2.75) is 25.7 Å². The summed E-state index contributed by atoms with van der Waals surface area (Å²) in [4.78, 5) is 38.6. The minimum atomic E-state index is -0.237. The van der Waals surface area contributed by atoms with Gasteiger partial charge in [0.05, 0.1) is 16.9 Å². The number of halogens is 2. The molecule has 1 aliphatic heterocycles. The Morgan fingerprint density at radius 1 is 1.20 bits per heavy atom. The van der Waals surface area contributed by atoms with Gasteiger partial charge >= 0.3 is 0 Å². The average molecular weight is 426 g/mol. The summed E-state index contributed by atoms with van der Waals surface area (Å²) in [5.41, 5.74) is 0.590. The zero-order valence-electron chi connectivity index (χ0n) is 13.5. The second-order valence-electron chi connectivity index (χ2n) is 7.14. The molecule has 0 aromatic heterocycles. The molecular weight excluding hydrogens is 408 g/mol. The van der Waals surface area contributed by atoms with Crippen LogP contribution in [0.15, 0.2) is 22.7 Å². The predicted octanol–water partition coefficient (Wildman–Crippen LogP) is 3.46. The maximum absolute atomic E-state index is 12.6. The average Bonchev–Trinajstić information content (AvgIpc) is 3.24. The molecule has 5 nitrogen and oxygen atoms in total. The number of carbonyl (C=O) groups excluding carboxylic acids is 3. The first-order chi connectivity index (χ1) is 12.0. The van der Waals surface area contributed by atoms with Crippen LogP contribution >= 0.6 is 27.5 Å². The highest BCUT2D eigenvalue weighted by atomic mass is 79.9. The predicted molar refractivity (Wildman–Crippen MR) is 96.9 cm³/mol. The van der Waals surface area contributed by atoms with Gasteiger partial charge in [0, 0.05) is 23.1 Å². The quantitative estimate of drug-likeness (QED) is 0.751. The number of benzene rings is 1. The third-order valence-corrected chi connectivity index (χ3v) is 7.02. The summed E-state index contributed by atoms with van der Waals surface area (Å²) in [6.45, 7) is 0.153. The van der Waals surface area contributed by atoms with Crippen LogP contribution in [0.25, 0.3) is 0 Å². The molecule has 1 aromatic rings. The second-order valence-corrected chi connectivity index (χ2v) is 8.40. The molecule has 4 rings (SSSR count). The fraction of sp³-hybridized carbons (Fsp3) is 0.500. The third-order valence-electron chi connectivity index (χ3n) is 5.78. The Morgan fingerprint density at radius 2 is 1.84 bits per heavy atom. The number of hydrogen-bond donors (Lipinski definition) is 1. The maximum atomic E-state index is 12.6. The van der Waals surface area contributed by atoms with E-state index in [1.54, 1.807) is 18.2 Å². The highest BCUT2D eigenvalue weighted by molar-refractivity contribution is 9.10. The van der Waals surface area contributed by atoms with Gasteiger partial charge in [-0.25, -0.2) is 0 Å². The number of carbonyl (C=O) groups is 3. The maximum Gasteiger partial charge on any atom is 0.233 e. The van der Waals surface area contributed by atoms with E-state index < -0.39 is 0 Å². The molecule has 3 fully saturated rings. The number of imide groups is 1. The van der Waals surface area contributed by atoms with Crippen molar-refractivity contribution in [3.8, 4) is 0 Å². The van der Waals surface area contributed by atoms with Crippen LogP contribution < -0.4 is 5.32 Å². The molecule has 0 unspecified atom stereocenters. The zero-order valence-corrected chi connectivity index (χ0v) is 15.8. The van der Waals surface area contributed by atoms with Crippen molar-refractivity contribution >= 4 is 50.9 Å². The molecule has 3 aliphatic rings. The van der Waals surface area contributed by atoms with E-state index in [4.69, 9.17) is 11.6 Å². The standard InChI is InChI=1S/C18H18BrClN2O3/c19-12-4-3-11(8-13(12)20)21-14(23)5-6-22-17(24)15-9-1-2-10(7-9)16(15)18(22)25/h3-4,8-10,15-16H,1-2,5-7H2,(H,21,23)/t9-,10-,15-,16-/m0/s1. The van der Waals surface area contributed by atoms with Crippen LogP contribution in [-0.2, 0) is 14.4 Å². The van der Waals surface area contributed by atoms with Gasteiger partial charge in [0.15, 0.2) is 0 Å². The molecule has 2 aliphatic carbocycles. The first kappa shape index (κ1) is 17.0. The van der Waals surface area contributed by atoms with Crippen LogP contribution in [-0.4, -0.2) is 29.2 Å². The number of amides is 3. The second kappa shape index (κ2) is 6.40. The molecule has 2 saturated carbocycles. The Labute approximate surface area is 159 Å². The largest absolute Gasteiger partial charge is 0.326 e. The van der Waals surface area contributed by atoms with E-state index in [-0.39, 0.29) is 42.5 Å². The lowest BCUT2D eigenvalue weighted by atomic mass is 9.81. The van der Waals surface area contributed by atoms with Crippen LogP contribution in [0.5, 0.6) is 0 Å². The summed E-state index contributed by atoms with van der Waals surface area (Å²) in [5.74, 6) is 0.118. The molecule has 1 aromatic carbocycles. The van der Waals surface area contributed by atoms with Crippen LogP contribution in [0.4, 0.5) is 5.69 Å². The highest BCUT2D eigenvalue weighted by Gasteiger charge is 2.60. The van der Waals surface area contributed by atoms with E-state index in [0.717, 1.165) is 23.7 Å². The summed E-state index contributed by atoms with van der Waals surface area (Å²) in [7, 11) is 0. The fourth-order valence-electron chi connectivity index (χ4n) is 4.70. The van der Waals surface area contributed by atoms with E-state index in [2.05, 4.69) is 21.2 Å². The Balaban J connectivity index is 1.36. The highest BCUT2D eigenvalue weighted by Crippen LogP contribution is 2.56. The van der Waals surface area contributed by atoms with E-state index in [1.807, 2.05) is 0 Å². The first-order valence-electron chi connectivity index (χ1n) is 8.56. The normalized spacial score (nSPS) is 30.1. The van der Waals surface area contributed by atoms with Gasteiger partial charge in [-0.1, -0.05) is 11.6 Å². The van der Waals surface area contributed by atoms with Gasteiger partial charge in [0.25, 0.3) is 0 Å². The summed E-state index contributed by atoms with van der Waals surface area (Å²) >= 11 is 9.30. The molecule has 0 spiro atoms. The lowest BCUT2D eigenvalue weighted by Gasteiger charge is -2.19. The topological polar surface area (TPSA) is 66.5 Å². The van der Waals surface area contributed by atoms with E-state index in [1.165, 1.54) is 4.90 Å². The molecule has 25 heavy (non-hydrogen) atoms. The Kier molecular flexibility index (Phi) is 4.36. The molecule has 1 N–H and O–H groups in total. The lowest BCUT2D eigenvalue weighted by Crippen LogP contribution is -2.35. The van der Waals surface area contributed by atoms with Gasteiger partial charge in [-0.05, 0) is 65.2 Å². The van der Waals surface area contributed by atoms with E-state index in [9.17, 15) is 14.4 Å². The number of nitrogens with zero attached hydrogens (tertiary/aromatic N) is 1. The molecule has 0 radical (unpaired) electrons. The van der Waals surface area contributed by atoms with E-state index >= 15 is 0 Å². The van der Waals surface area contributed by atoms with Crippen LogP contribution in [0.1, 0.15) is 25.7 Å². The first-order valence-corrected chi connectivity index (χ1v) is 9.73. The van der Waals surface area contributed by atoms with Gasteiger partial charge in [-0.3, -0.25) is 19.3 Å². The SMILES string of the molecule is O=C(CCN1C(=O)[C@H]2[C@H]3CC[C@@H](C3)[C@@H]2C1=O)Nc1ccc(Br)c(Cl)c1. The van der Waals surface area contributed by atoms with Crippen LogP contribution in [0.2, 0.25) is 5.02 Å². The molecule has 132 valence electrons. The lowest BCUT2D eigenvalue weighted by molar-refractivity contribution is -0.140. The number of fused-ring (bicyclic) bond motifs is 5.